The fourth-order valence-corrected chi connectivity index (χ4v) is 66.4. The van der Waals surface area contributed by atoms with Gasteiger partial charge < -0.3 is 0 Å². The first-order valence-corrected chi connectivity index (χ1v) is 36.1. The number of allylic oxidation sites excluding steroid dienone is 2. The second-order valence-corrected chi connectivity index (χ2v) is 67.4. The fraction of sp³-hybridized carbons (Fsp3) is 0.211. The molecule has 0 aliphatic heterocycles. The molecule has 0 radical (unpaired) electrons. The van der Waals surface area contributed by atoms with E-state index in [0.29, 0.717) is 0 Å². The molecule has 2 atom stereocenters. The topological polar surface area (TPSA) is 58.2 Å². The van der Waals surface area contributed by atoms with Gasteiger partial charge in [-0.25, -0.2) is 0 Å². The molecule has 0 bridgehead atoms. The van der Waals surface area contributed by atoms with E-state index in [9.17, 15) is 9.59 Å². The van der Waals surface area contributed by atoms with Crippen LogP contribution in [-0.4, -0.2) is 24.5 Å². The van der Waals surface area contributed by atoms with Crippen LogP contribution in [0.4, 0.5) is 0 Å². The summed E-state index contributed by atoms with van der Waals surface area (Å²) < 4.78 is 6.10. The molecule has 8 heteroatoms. The first-order valence-electron chi connectivity index (χ1n) is 16.0. The minimum absolute atomic E-state index is 0.126. The summed E-state index contributed by atoms with van der Waals surface area (Å²) in [6, 6.07) is 33.5. The number of nitrogens with one attached hydrogen (secondary N) is 2. The maximum absolute atomic E-state index is 13.3. The first-order chi connectivity index (χ1) is 22.1. The summed E-state index contributed by atoms with van der Waals surface area (Å²) in [5.41, 5.74) is 11.0. The third-order valence-corrected chi connectivity index (χ3v) is 68.3. The van der Waals surface area contributed by atoms with Crippen LogP contribution in [0.15, 0.2) is 108 Å². The van der Waals surface area contributed by atoms with Crippen molar-refractivity contribution < 1.29 is 22.9 Å². The molecule has 6 rings (SSSR count). The van der Waals surface area contributed by atoms with Gasteiger partial charge in [-0.05, 0) is 0 Å². The molecule has 4 aromatic carbocycles. The molecule has 0 saturated carbocycles. The molecule has 4 nitrogen and oxygen atoms in total. The Kier molecular flexibility index (Phi) is 9.51. The predicted octanol–water partition coefficient (Wildman–Crippen LogP) is 9.67. The zero-order valence-electron chi connectivity index (χ0n) is 26.6. The molecule has 2 amide bonds. The summed E-state index contributed by atoms with van der Waals surface area (Å²) in [5.74, 6) is -0.252. The summed E-state index contributed by atoms with van der Waals surface area (Å²) >= 11 is -9.24. The van der Waals surface area contributed by atoms with E-state index >= 15 is 0 Å². The van der Waals surface area contributed by atoms with Crippen LogP contribution in [0, 0.1) is 0 Å². The standard InChI is InChI=1S/2C16H13.2C3H7NO.2ClH.Ga.Zr/c2*1-12-10-14-8-5-9-15(16(14)11-12)13-6-3-2-4-7-13;2*1-2-3(4)5;;;;/h2*2-11H,1H3;2*2H2,1H3,(H2,4,5);2*1H;;/q;;;;;;2*+2/p-4. The van der Waals surface area contributed by atoms with Crippen LogP contribution >= 0.6 is 17.0 Å². The quantitative estimate of drug-likeness (QED) is 0.166. The van der Waals surface area contributed by atoms with Crippen molar-refractivity contribution in [3.05, 3.63) is 130 Å². The van der Waals surface area contributed by atoms with Crippen molar-refractivity contribution in [1.29, 1.82) is 0 Å². The van der Waals surface area contributed by atoms with Crippen LogP contribution in [0.3, 0.4) is 0 Å². The molecule has 0 aromatic heterocycles. The van der Waals surface area contributed by atoms with Gasteiger partial charge in [0.2, 0.25) is 0 Å². The van der Waals surface area contributed by atoms with Gasteiger partial charge in [0.1, 0.15) is 0 Å². The van der Waals surface area contributed by atoms with Crippen LogP contribution in [0.5, 0.6) is 0 Å². The molecule has 0 saturated heterocycles. The molecule has 4 aromatic rings. The van der Waals surface area contributed by atoms with Gasteiger partial charge in [0.15, 0.2) is 0 Å². The van der Waals surface area contributed by atoms with Gasteiger partial charge in [0.25, 0.3) is 0 Å². The van der Waals surface area contributed by atoms with Crippen LogP contribution in [0.1, 0.15) is 70.0 Å². The van der Waals surface area contributed by atoms with Crippen molar-refractivity contribution >= 4 is 53.6 Å². The number of benzene rings is 4. The molecule has 233 valence electrons. The maximum atomic E-state index is 13.3. The van der Waals surface area contributed by atoms with Crippen LogP contribution in [-0.2, 0) is 22.9 Å². The SMILES string of the molecule is CCC(=O)[NH][Ga]([NH]C(=O)CC)[Zr]([Cl])([Cl])([CH]1C(C)=Cc2c(-c3ccccc3)cccc21)[CH]1C(C)=Cc2c(-c3ccccc3)cccc21. The molecule has 46 heavy (non-hydrogen) atoms. The zero-order valence-corrected chi connectivity index (χ0v) is 33.0. The number of halogens is 2. The summed E-state index contributed by atoms with van der Waals surface area (Å²) in [6.07, 6.45) is 5.03. The number of fused-ring (bicyclic) bond motifs is 2. The third kappa shape index (κ3) is 5.65. The molecule has 0 heterocycles. The molecule has 0 fully saturated rings. The van der Waals surface area contributed by atoms with E-state index in [1.54, 1.807) is 0 Å². The van der Waals surface area contributed by atoms with E-state index < -0.39 is 26.0 Å². The van der Waals surface area contributed by atoms with Crippen LogP contribution in [0.25, 0.3) is 34.4 Å². The minimum atomic E-state index is -5.58. The summed E-state index contributed by atoms with van der Waals surface area (Å²) in [5, 5.41) is 0. The number of amides is 2. The Bertz CT molecular complexity index is 1760. The number of hydrogen-bond acceptors (Lipinski definition) is 2. The fourth-order valence-electron chi connectivity index (χ4n) is 7.65. The van der Waals surface area contributed by atoms with Crippen molar-refractivity contribution in [2.45, 2.75) is 47.8 Å². The van der Waals surface area contributed by atoms with Crippen molar-refractivity contribution in [2.24, 2.45) is 0 Å². The zero-order chi connectivity index (χ0) is 32.7. The Balaban J connectivity index is 1.63. The molecular weight excluding hydrogens is 748 g/mol. The van der Waals surface area contributed by atoms with Gasteiger partial charge in [-0.2, -0.15) is 0 Å². The molecule has 2 aliphatic rings. The Morgan fingerprint density at radius 1 is 0.630 bits per heavy atom. The molecule has 0 spiro atoms. The Morgan fingerprint density at radius 3 is 1.39 bits per heavy atom. The first kappa shape index (κ1) is 33.3. The molecule has 2 unspecified atom stereocenters. The molecule has 2 aliphatic carbocycles. The van der Waals surface area contributed by atoms with E-state index in [2.05, 4.69) is 94.7 Å². The second-order valence-electron chi connectivity index (χ2n) is 12.5. The normalized spacial score (nSPS) is 17.6. The Hall–Kier alpha value is -2.60. The number of carbonyl (C=O) groups excluding carboxylic acids is 2. The van der Waals surface area contributed by atoms with Crippen LogP contribution in [0.2, 0.25) is 0 Å². The molecule has 2 N–H and O–H groups in total. The predicted molar refractivity (Wildman–Crippen MR) is 191 cm³/mol. The van der Waals surface area contributed by atoms with Gasteiger partial charge in [-0.1, -0.05) is 0 Å². The van der Waals surface area contributed by atoms with Crippen molar-refractivity contribution in [1.82, 2.24) is 8.05 Å². The van der Waals surface area contributed by atoms with Gasteiger partial charge in [-0.3, -0.25) is 0 Å². The number of hydrogen-bond donors (Lipinski definition) is 2. The average Bonchev–Trinajstić information content (AvgIpc) is 3.61. The monoisotopic (exact) mass is 783 g/mol. The average molecular weight is 787 g/mol. The van der Waals surface area contributed by atoms with Gasteiger partial charge in [0.05, 0.1) is 0 Å². The van der Waals surface area contributed by atoms with Crippen molar-refractivity contribution in [2.75, 3.05) is 0 Å². The summed E-state index contributed by atoms with van der Waals surface area (Å²) in [7, 11) is 17.1. The van der Waals surface area contributed by atoms with Crippen LogP contribution < -0.4 is 8.05 Å². The second kappa shape index (κ2) is 13.1. The van der Waals surface area contributed by atoms with Crippen molar-refractivity contribution in [3.63, 3.8) is 0 Å². The van der Waals surface area contributed by atoms with E-state index in [-0.39, 0.29) is 31.9 Å². The summed E-state index contributed by atoms with van der Waals surface area (Å²) in [6.45, 7) is 7.89. The van der Waals surface area contributed by atoms with E-state index in [0.717, 1.165) is 55.7 Å². The van der Waals surface area contributed by atoms with E-state index in [4.69, 9.17) is 17.0 Å². The van der Waals surface area contributed by atoms with Gasteiger partial charge in [0, 0.05) is 0 Å². The van der Waals surface area contributed by atoms with E-state index in [1.165, 1.54) is 0 Å². The van der Waals surface area contributed by atoms with E-state index in [1.807, 2.05) is 50.2 Å². The number of rotatable bonds is 9. The van der Waals surface area contributed by atoms with Gasteiger partial charge in [-0.15, -0.1) is 0 Å². The Morgan fingerprint density at radius 2 is 1.02 bits per heavy atom. The van der Waals surface area contributed by atoms with Gasteiger partial charge >= 0.3 is 285 Å². The Labute approximate surface area is 282 Å². The third-order valence-electron chi connectivity index (χ3n) is 9.63. The molecular formula is C38H38Cl2GaN2O2Zr. The number of carbonyl (C=O) groups is 2. The van der Waals surface area contributed by atoms with Crippen molar-refractivity contribution in [3.8, 4) is 22.3 Å². The summed E-state index contributed by atoms with van der Waals surface area (Å²) in [4.78, 5) is 26.6.